The molecule has 0 unspecified atom stereocenters. The monoisotopic (exact) mass is 428 g/mol. The molecule has 0 fully saturated rings. The highest BCUT2D eigenvalue weighted by molar-refractivity contribution is 6.11. The number of aromatic hydroxyl groups is 2. The molecule has 2 aromatic carbocycles. The molecular formula is C19H12N2O10. The number of hydrogen-bond donors (Lipinski definition) is 4. The van der Waals surface area contributed by atoms with Gasteiger partial charge in [-0.3, -0.25) is 25.0 Å². The lowest BCUT2D eigenvalue weighted by atomic mass is 10.1. The van der Waals surface area contributed by atoms with Gasteiger partial charge in [0, 0.05) is 22.6 Å². The van der Waals surface area contributed by atoms with Crippen LogP contribution in [0.3, 0.4) is 0 Å². The minimum Gasteiger partial charge on any atom is -0.507 e. The van der Waals surface area contributed by atoms with Crippen molar-refractivity contribution in [2.75, 3.05) is 0 Å². The summed E-state index contributed by atoms with van der Waals surface area (Å²) in [6.45, 7) is 1.28. The standard InChI is InChI=1S/C19H12N2O10/c1-7-14(23)12(21(29)30)5-9-4-11(19(28)31-15(7)9)17(25)20-16(24)8-2-3-10(18(26)27)13(22)6-8/h2-6,22-23H,1H3,(H,26,27)(H,20,24,25). The van der Waals surface area contributed by atoms with E-state index < -0.39 is 56.6 Å². The van der Waals surface area contributed by atoms with Crippen molar-refractivity contribution in [2.45, 2.75) is 6.92 Å². The second kappa shape index (κ2) is 7.59. The summed E-state index contributed by atoms with van der Waals surface area (Å²) in [6, 6.07) is 4.69. The number of carbonyl (C=O) groups is 3. The number of benzene rings is 2. The number of imide groups is 1. The fourth-order valence-corrected chi connectivity index (χ4v) is 2.80. The largest absolute Gasteiger partial charge is 0.507 e. The molecule has 4 N–H and O–H groups in total. The van der Waals surface area contributed by atoms with Gasteiger partial charge in [-0.15, -0.1) is 0 Å². The van der Waals surface area contributed by atoms with Crippen molar-refractivity contribution in [2.24, 2.45) is 0 Å². The first-order valence-corrected chi connectivity index (χ1v) is 8.38. The Kier molecular flexibility index (Phi) is 5.14. The molecule has 0 saturated heterocycles. The molecule has 0 aliphatic carbocycles. The summed E-state index contributed by atoms with van der Waals surface area (Å²) >= 11 is 0. The van der Waals surface area contributed by atoms with E-state index in [9.17, 15) is 39.5 Å². The highest BCUT2D eigenvalue weighted by Gasteiger charge is 2.24. The second-order valence-corrected chi connectivity index (χ2v) is 6.31. The number of carbonyl (C=O) groups excluding carboxylic acids is 2. The maximum absolute atomic E-state index is 12.4. The third-order valence-electron chi connectivity index (χ3n) is 4.37. The van der Waals surface area contributed by atoms with Crippen molar-refractivity contribution in [3.8, 4) is 11.5 Å². The molecule has 0 aliphatic heterocycles. The molecule has 31 heavy (non-hydrogen) atoms. The quantitative estimate of drug-likeness (QED) is 0.205. The van der Waals surface area contributed by atoms with Crippen molar-refractivity contribution in [3.05, 3.63) is 73.1 Å². The number of phenolic OH excluding ortho intramolecular Hbond substituents is 1. The Morgan fingerprint density at radius 2 is 1.74 bits per heavy atom. The van der Waals surface area contributed by atoms with Gasteiger partial charge in [-0.05, 0) is 31.2 Å². The van der Waals surface area contributed by atoms with E-state index in [1.165, 1.54) is 6.92 Å². The van der Waals surface area contributed by atoms with Crippen LogP contribution in [0.4, 0.5) is 5.69 Å². The molecule has 0 bridgehead atoms. The number of phenols is 2. The van der Waals surface area contributed by atoms with Gasteiger partial charge < -0.3 is 19.7 Å². The first-order valence-electron chi connectivity index (χ1n) is 8.38. The number of rotatable bonds is 4. The van der Waals surface area contributed by atoms with E-state index in [0.717, 1.165) is 30.3 Å². The van der Waals surface area contributed by atoms with Gasteiger partial charge >= 0.3 is 17.3 Å². The van der Waals surface area contributed by atoms with Gasteiger partial charge in [0.05, 0.1) is 4.92 Å². The third-order valence-corrected chi connectivity index (χ3v) is 4.37. The van der Waals surface area contributed by atoms with Crippen LogP contribution in [0.25, 0.3) is 11.0 Å². The van der Waals surface area contributed by atoms with Crippen LogP contribution in [0.1, 0.15) is 36.6 Å². The van der Waals surface area contributed by atoms with Crippen molar-refractivity contribution < 1.29 is 39.0 Å². The highest BCUT2D eigenvalue weighted by atomic mass is 16.6. The summed E-state index contributed by atoms with van der Waals surface area (Å²) in [5.41, 5.74) is -3.47. The second-order valence-electron chi connectivity index (χ2n) is 6.31. The lowest BCUT2D eigenvalue weighted by Gasteiger charge is -2.08. The SMILES string of the molecule is Cc1c(O)c([N+](=O)[O-])cc2cc(C(=O)NC(=O)c3ccc(C(=O)O)c(O)c3)c(=O)oc12. The number of aromatic carboxylic acids is 1. The lowest BCUT2D eigenvalue weighted by Crippen LogP contribution is -2.33. The third kappa shape index (κ3) is 3.76. The zero-order chi connectivity index (χ0) is 23.0. The van der Waals surface area contributed by atoms with Crippen molar-refractivity contribution in [3.63, 3.8) is 0 Å². The minimum absolute atomic E-state index is 0.0392. The van der Waals surface area contributed by atoms with E-state index >= 15 is 0 Å². The smallest absolute Gasteiger partial charge is 0.349 e. The molecule has 0 spiro atoms. The Balaban J connectivity index is 1.98. The Bertz CT molecular complexity index is 1360. The summed E-state index contributed by atoms with van der Waals surface area (Å²) in [4.78, 5) is 57.9. The van der Waals surface area contributed by atoms with Crippen molar-refractivity contribution >= 4 is 34.4 Å². The predicted octanol–water partition coefficient (Wildman–Crippen LogP) is 1.69. The van der Waals surface area contributed by atoms with E-state index in [-0.39, 0.29) is 22.1 Å². The summed E-state index contributed by atoms with van der Waals surface area (Å²) in [5, 5.41) is 41.3. The van der Waals surface area contributed by atoms with Gasteiger partial charge in [0.15, 0.2) is 0 Å². The normalized spacial score (nSPS) is 10.6. The molecule has 0 aliphatic rings. The van der Waals surface area contributed by atoms with Gasteiger partial charge in [-0.1, -0.05) is 0 Å². The average molecular weight is 428 g/mol. The number of nitro benzene ring substituents is 1. The maximum Gasteiger partial charge on any atom is 0.349 e. The van der Waals surface area contributed by atoms with Gasteiger partial charge in [-0.2, -0.15) is 0 Å². The fourth-order valence-electron chi connectivity index (χ4n) is 2.80. The number of nitrogens with zero attached hydrogens (tertiary/aromatic N) is 1. The molecule has 1 heterocycles. The number of carboxylic acid groups (broad SMARTS) is 1. The number of amides is 2. The van der Waals surface area contributed by atoms with E-state index in [1.54, 1.807) is 0 Å². The topological polar surface area (TPSA) is 197 Å². The number of fused-ring (bicyclic) bond motifs is 1. The van der Waals surface area contributed by atoms with E-state index in [2.05, 4.69) is 0 Å². The molecular weight excluding hydrogens is 416 g/mol. The van der Waals surface area contributed by atoms with Gasteiger partial charge in [-0.25, -0.2) is 9.59 Å². The van der Waals surface area contributed by atoms with Crippen LogP contribution in [0, 0.1) is 17.0 Å². The van der Waals surface area contributed by atoms with E-state index in [1.807, 2.05) is 5.32 Å². The van der Waals surface area contributed by atoms with E-state index in [4.69, 9.17) is 9.52 Å². The molecule has 0 atom stereocenters. The van der Waals surface area contributed by atoms with Gasteiger partial charge in [0.2, 0.25) is 5.75 Å². The summed E-state index contributed by atoms with van der Waals surface area (Å²) in [5.74, 6) is -5.08. The van der Waals surface area contributed by atoms with E-state index in [0.29, 0.717) is 0 Å². The van der Waals surface area contributed by atoms with Crippen molar-refractivity contribution in [1.29, 1.82) is 0 Å². The van der Waals surface area contributed by atoms with Crippen molar-refractivity contribution in [1.82, 2.24) is 5.32 Å². The molecule has 3 aromatic rings. The molecule has 0 radical (unpaired) electrons. The fraction of sp³-hybridized carbons (Fsp3) is 0.0526. The van der Waals surface area contributed by atoms with Crippen LogP contribution in [0.15, 0.2) is 39.5 Å². The zero-order valence-corrected chi connectivity index (χ0v) is 15.5. The maximum atomic E-state index is 12.4. The Hall–Kier alpha value is -4.74. The molecule has 158 valence electrons. The molecule has 0 saturated carbocycles. The van der Waals surface area contributed by atoms with Crippen LogP contribution < -0.4 is 10.9 Å². The molecule has 12 heteroatoms. The Labute approximate surface area is 171 Å². The Morgan fingerprint density at radius 3 is 2.32 bits per heavy atom. The van der Waals surface area contributed by atoms with Crippen LogP contribution in [-0.2, 0) is 0 Å². The number of nitrogens with one attached hydrogen (secondary N) is 1. The van der Waals surface area contributed by atoms with Gasteiger partial charge in [0.25, 0.3) is 11.8 Å². The lowest BCUT2D eigenvalue weighted by molar-refractivity contribution is -0.385. The molecule has 12 nitrogen and oxygen atoms in total. The summed E-state index contributed by atoms with van der Waals surface area (Å²) in [6.07, 6.45) is 0. The number of hydrogen-bond acceptors (Lipinski definition) is 9. The van der Waals surface area contributed by atoms with Crippen LogP contribution in [0.5, 0.6) is 11.5 Å². The highest BCUT2D eigenvalue weighted by Crippen LogP contribution is 2.35. The predicted molar refractivity (Wildman–Crippen MR) is 102 cm³/mol. The zero-order valence-electron chi connectivity index (χ0n) is 15.5. The summed E-state index contributed by atoms with van der Waals surface area (Å²) in [7, 11) is 0. The van der Waals surface area contributed by atoms with Crippen LogP contribution in [-0.4, -0.2) is 38.0 Å². The Morgan fingerprint density at radius 1 is 1.06 bits per heavy atom. The molecule has 1 aromatic heterocycles. The van der Waals surface area contributed by atoms with Crippen LogP contribution in [0.2, 0.25) is 0 Å². The van der Waals surface area contributed by atoms with Gasteiger partial charge in [0.1, 0.15) is 22.5 Å². The average Bonchev–Trinajstić information content (AvgIpc) is 2.69. The number of carboxylic acids is 1. The first kappa shape index (κ1) is 21.0. The summed E-state index contributed by atoms with van der Waals surface area (Å²) < 4.78 is 4.99. The van der Waals surface area contributed by atoms with Crippen LogP contribution >= 0.6 is 0 Å². The molecule has 3 rings (SSSR count). The minimum atomic E-state index is -1.43. The molecule has 2 amide bonds. The number of nitro groups is 1. The first-order chi connectivity index (χ1) is 14.5. The number of aryl methyl sites for hydroxylation is 1.